The second kappa shape index (κ2) is 10.1. The molecule has 0 bridgehead atoms. The van der Waals surface area contributed by atoms with Crippen molar-refractivity contribution in [1.29, 1.82) is 0 Å². The molecule has 5 heteroatoms. The first-order valence-corrected chi connectivity index (χ1v) is 6.99. The van der Waals surface area contributed by atoms with E-state index < -0.39 is 6.86 Å². The third kappa shape index (κ3) is 6.74. The number of benzene rings is 2. The van der Waals surface area contributed by atoms with E-state index in [1.165, 1.54) is 13.0 Å². The summed E-state index contributed by atoms with van der Waals surface area (Å²) in [5.74, 6) is 0.685. The molecule has 0 spiro atoms. The Labute approximate surface area is 133 Å². The molecule has 0 heterocycles. The number of alkyl halides is 2. The molecular weight excluding hydrogens is 302 g/mol. The number of hydrogen-bond acceptors (Lipinski definition) is 2. The van der Waals surface area contributed by atoms with E-state index in [9.17, 15) is 13.6 Å². The lowest BCUT2D eigenvalue weighted by molar-refractivity contribution is 0.104. The summed E-state index contributed by atoms with van der Waals surface area (Å²) in [6.45, 7) is 0.347. The molecule has 0 radical (unpaired) electrons. The second-order valence-corrected chi connectivity index (χ2v) is 4.36. The molecule has 122 valence electrons. The average Bonchev–Trinajstić information content (AvgIpc) is 2.56. The Morgan fingerprint density at radius 3 is 2.17 bits per heavy atom. The Hall–Kier alpha value is -2.69. The molecule has 3 nitrogen and oxygen atoms in total. The Morgan fingerprint density at radius 2 is 1.65 bits per heavy atom. The van der Waals surface area contributed by atoms with Gasteiger partial charge in [-0.3, -0.25) is 9.18 Å². The molecule has 0 aromatic heterocycles. The minimum atomic E-state index is -0.861. The van der Waals surface area contributed by atoms with Crippen molar-refractivity contribution in [3.63, 3.8) is 0 Å². The summed E-state index contributed by atoms with van der Waals surface area (Å²) in [4.78, 5) is 11.9. The smallest absolute Gasteiger partial charge is 0.253 e. The molecule has 0 unspecified atom stereocenters. The number of hydrogen-bond donors (Lipinski definition) is 0. The van der Waals surface area contributed by atoms with E-state index in [1.54, 1.807) is 54.6 Å². The van der Waals surface area contributed by atoms with Crippen molar-refractivity contribution in [3.8, 4) is 11.5 Å². The number of rotatable bonds is 5. The van der Waals surface area contributed by atoms with E-state index in [2.05, 4.69) is 0 Å². The predicted molar refractivity (Wildman–Crippen MR) is 87.6 cm³/mol. The quantitative estimate of drug-likeness (QED) is 0.468. The maximum absolute atomic E-state index is 12.0. The van der Waals surface area contributed by atoms with Gasteiger partial charge in [-0.25, -0.2) is 4.39 Å². The van der Waals surface area contributed by atoms with Crippen molar-refractivity contribution in [2.45, 2.75) is 6.92 Å². The van der Waals surface area contributed by atoms with E-state index in [4.69, 9.17) is 9.84 Å². The van der Waals surface area contributed by atoms with Gasteiger partial charge < -0.3 is 9.84 Å². The van der Waals surface area contributed by atoms with Gasteiger partial charge in [0.1, 0.15) is 5.75 Å². The summed E-state index contributed by atoms with van der Waals surface area (Å²) in [5, 5.41) is 7.36. The summed E-state index contributed by atoms with van der Waals surface area (Å²) in [6, 6.07) is 13.1. The predicted octanol–water partition coefficient (Wildman–Crippen LogP) is 4.30. The van der Waals surface area contributed by atoms with Crippen LogP contribution in [0.1, 0.15) is 22.8 Å². The summed E-state index contributed by atoms with van der Waals surface area (Å²) in [6.07, 6.45) is 3.14. The standard InChI is InChI=1S/C16H13FO3.C2H5F/c17-11-20-15-8-1-12(2-9-15)3-10-16(19)13-4-6-14(18)7-5-13;1-2-3/h1-10,18H,11H2;2H2,1H3/p+1. The molecular formula is C18H19F2O3+. The highest BCUT2D eigenvalue weighted by atomic mass is 19.1. The highest BCUT2D eigenvalue weighted by Crippen LogP contribution is 2.14. The van der Waals surface area contributed by atoms with Crippen LogP contribution in [0.15, 0.2) is 54.6 Å². The number of carbonyl (C=O) groups is 1. The van der Waals surface area contributed by atoms with Gasteiger partial charge in [-0.2, -0.15) is 0 Å². The highest BCUT2D eigenvalue weighted by molar-refractivity contribution is 6.06. The first-order chi connectivity index (χ1) is 11.1. The monoisotopic (exact) mass is 321 g/mol. The number of allylic oxidation sites excluding steroid dienone is 1. The maximum Gasteiger partial charge on any atom is 0.253 e. The molecule has 2 rings (SSSR count). The second-order valence-electron chi connectivity index (χ2n) is 4.36. The fourth-order valence-electron chi connectivity index (χ4n) is 1.64. The van der Waals surface area contributed by atoms with Crippen LogP contribution in [0.3, 0.4) is 0 Å². The topological polar surface area (TPSA) is 49.2 Å². The lowest BCUT2D eigenvalue weighted by atomic mass is 10.1. The maximum atomic E-state index is 12.0. The number of carbonyl (C=O) groups excluding carboxylic acids is 1. The van der Waals surface area contributed by atoms with Crippen LogP contribution in [0.2, 0.25) is 0 Å². The van der Waals surface area contributed by atoms with E-state index in [0.717, 1.165) is 5.56 Å². The molecule has 23 heavy (non-hydrogen) atoms. The van der Waals surface area contributed by atoms with Crippen LogP contribution in [0.4, 0.5) is 8.78 Å². The third-order valence-corrected chi connectivity index (χ3v) is 2.70. The van der Waals surface area contributed by atoms with Gasteiger partial charge in [0.2, 0.25) is 6.86 Å². The van der Waals surface area contributed by atoms with Crippen LogP contribution in [-0.2, 0) is 0 Å². The van der Waals surface area contributed by atoms with E-state index in [0.29, 0.717) is 17.1 Å². The van der Waals surface area contributed by atoms with Gasteiger partial charge in [-0.05, 0) is 42.8 Å². The fraction of sp³-hybridized carbons (Fsp3) is 0.167. The summed E-state index contributed by atoms with van der Waals surface area (Å²) >= 11 is 0. The van der Waals surface area contributed by atoms with Crippen molar-refractivity contribution in [2.24, 2.45) is 0 Å². The minimum Gasteiger partial charge on any atom is -0.593 e. The van der Waals surface area contributed by atoms with Crippen molar-refractivity contribution in [1.82, 2.24) is 0 Å². The van der Waals surface area contributed by atoms with Gasteiger partial charge in [-0.1, -0.05) is 18.2 Å². The zero-order chi connectivity index (χ0) is 17.1. The van der Waals surface area contributed by atoms with Gasteiger partial charge in [0, 0.05) is 17.7 Å². The average molecular weight is 321 g/mol. The Balaban J connectivity index is 0.000000816. The van der Waals surface area contributed by atoms with Crippen LogP contribution >= 0.6 is 0 Å². The molecule has 0 aliphatic rings. The molecule has 0 saturated heterocycles. The van der Waals surface area contributed by atoms with E-state index in [1.807, 2.05) is 0 Å². The first-order valence-electron chi connectivity index (χ1n) is 6.99. The normalized spacial score (nSPS) is 10.0. The zero-order valence-electron chi connectivity index (χ0n) is 12.8. The lowest BCUT2D eigenvalue weighted by Crippen LogP contribution is -1.93. The SMILES string of the molecule is CCF.O=C(C=Cc1ccc(OCF)cc1)c1ccc([OH2+])cc1. The van der Waals surface area contributed by atoms with Crippen LogP contribution in [0.25, 0.3) is 6.08 Å². The lowest BCUT2D eigenvalue weighted by Gasteiger charge is -2.00. The Bertz CT molecular complexity index is 620. The van der Waals surface area contributed by atoms with Gasteiger partial charge in [0.05, 0.1) is 6.67 Å². The van der Waals surface area contributed by atoms with Gasteiger partial charge >= 0.3 is 0 Å². The number of halogens is 2. The largest absolute Gasteiger partial charge is 0.593 e. The number of ether oxygens (including phenoxy) is 1. The van der Waals surface area contributed by atoms with E-state index >= 15 is 0 Å². The molecule has 0 aliphatic carbocycles. The Kier molecular flexibility index (Phi) is 8.07. The van der Waals surface area contributed by atoms with Gasteiger partial charge in [0.25, 0.3) is 5.75 Å². The highest BCUT2D eigenvalue weighted by Gasteiger charge is 2.02. The van der Waals surface area contributed by atoms with Crippen LogP contribution in [0, 0.1) is 0 Å². The minimum absolute atomic E-state index is 0.130. The van der Waals surface area contributed by atoms with Crippen LogP contribution in [0.5, 0.6) is 11.5 Å². The van der Waals surface area contributed by atoms with Gasteiger partial charge in [-0.15, -0.1) is 0 Å². The van der Waals surface area contributed by atoms with Crippen molar-refractivity contribution in [3.05, 3.63) is 65.7 Å². The van der Waals surface area contributed by atoms with Crippen LogP contribution in [-0.4, -0.2) is 24.4 Å². The van der Waals surface area contributed by atoms with E-state index in [-0.39, 0.29) is 12.5 Å². The molecule has 0 aliphatic heterocycles. The van der Waals surface area contributed by atoms with Gasteiger partial charge in [0.15, 0.2) is 5.78 Å². The van der Waals surface area contributed by atoms with Crippen LogP contribution < -0.4 is 4.74 Å². The summed E-state index contributed by atoms with van der Waals surface area (Å²) in [7, 11) is 0. The zero-order valence-corrected chi connectivity index (χ0v) is 12.8. The molecule has 0 atom stereocenters. The third-order valence-electron chi connectivity index (χ3n) is 2.70. The molecule has 0 amide bonds. The molecule has 2 aromatic carbocycles. The molecule has 0 saturated carbocycles. The van der Waals surface area contributed by atoms with Crippen molar-refractivity contribution in [2.75, 3.05) is 13.5 Å². The summed E-state index contributed by atoms with van der Waals surface area (Å²) < 4.78 is 26.9. The summed E-state index contributed by atoms with van der Waals surface area (Å²) in [5.41, 5.74) is 1.36. The van der Waals surface area contributed by atoms with Crippen molar-refractivity contribution < 1.29 is 23.4 Å². The molecule has 2 N–H and O–H groups in total. The van der Waals surface area contributed by atoms with Crippen molar-refractivity contribution >= 4 is 11.9 Å². The molecule has 0 fully saturated rings. The molecule has 2 aromatic rings. The fourth-order valence-corrected chi connectivity index (χ4v) is 1.64. The Morgan fingerprint density at radius 1 is 1.09 bits per heavy atom. The first kappa shape index (κ1) is 18.4. The number of ketones is 1.